The molecule has 1 nitrogen and oxygen atoms in total. The van der Waals surface area contributed by atoms with Crippen molar-refractivity contribution in [2.24, 2.45) is 11.8 Å². The van der Waals surface area contributed by atoms with Crippen molar-refractivity contribution in [2.75, 3.05) is 0 Å². The molecule has 1 aliphatic carbocycles. The monoisotopic (exact) mass is 390 g/mol. The molecule has 0 saturated heterocycles. The number of alkyl halides is 1. The van der Waals surface area contributed by atoms with E-state index in [-0.39, 0.29) is 0 Å². The summed E-state index contributed by atoms with van der Waals surface area (Å²) in [6, 6.07) is 0. The number of aliphatic hydroxyl groups is 1. The van der Waals surface area contributed by atoms with Crippen LogP contribution in [0.2, 0.25) is 0 Å². The highest BCUT2D eigenvalue weighted by Crippen LogP contribution is 2.39. The van der Waals surface area contributed by atoms with Gasteiger partial charge in [-0.1, -0.05) is 69.2 Å². The molecule has 0 heterocycles. The lowest BCUT2D eigenvalue weighted by atomic mass is 9.79. The van der Waals surface area contributed by atoms with E-state index in [1.807, 2.05) is 0 Å². The van der Waals surface area contributed by atoms with E-state index in [0.29, 0.717) is 21.5 Å². The van der Waals surface area contributed by atoms with Gasteiger partial charge in [-0.3, -0.25) is 0 Å². The lowest BCUT2D eigenvalue weighted by Crippen LogP contribution is -2.19. The lowest BCUT2D eigenvalue weighted by Gasteiger charge is -2.30. The zero-order valence-electron chi connectivity index (χ0n) is 13.6. The summed E-state index contributed by atoms with van der Waals surface area (Å²) in [7, 11) is 0. The summed E-state index contributed by atoms with van der Waals surface area (Å²) in [6.45, 7) is 8.98. The van der Waals surface area contributed by atoms with Crippen molar-refractivity contribution in [1.82, 2.24) is 0 Å². The maximum absolute atomic E-state index is 10.8. The fourth-order valence-electron chi connectivity index (χ4n) is 3.18. The first-order valence-electron chi connectivity index (χ1n) is 8.36. The first kappa shape index (κ1) is 18.1. The van der Waals surface area contributed by atoms with Gasteiger partial charge in [0.1, 0.15) is 5.76 Å². The summed E-state index contributed by atoms with van der Waals surface area (Å²) < 4.78 is 0.495. The third kappa shape index (κ3) is 4.51. The Morgan fingerprint density at radius 1 is 1.20 bits per heavy atom. The molecule has 0 fully saturated rings. The molecule has 0 aromatic rings. The summed E-state index contributed by atoms with van der Waals surface area (Å²) in [6.07, 6.45) is 10.5. The Labute approximate surface area is 139 Å². The van der Waals surface area contributed by atoms with Crippen LogP contribution in [0, 0.1) is 11.8 Å². The van der Waals surface area contributed by atoms with E-state index in [2.05, 4.69) is 56.4 Å². The molecule has 0 aliphatic heterocycles. The van der Waals surface area contributed by atoms with Crippen LogP contribution in [-0.2, 0) is 0 Å². The molecule has 1 N–H and O–H groups in total. The quantitative estimate of drug-likeness (QED) is 0.366. The van der Waals surface area contributed by atoms with Gasteiger partial charge in [0.2, 0.25) is 0 Å². The molecule has 2 heteroatoms. The molecule has 0 radical (unpaired) electrons. The molecular formula is C18H31IO. The third-order valence-electron chi connectivity index (χ3n) is 4.49. The zero-order valence-corrected chi connectivity index (χ0v) is 15.7. The van der Waals surface area contributed by atoms with Crippen molar-refractivity contribution in [2.45, 2.75) is 76.6 Å². The normalized spacial score (nSPS) is 22.6. The van der Waals surface area contributed by atoms with Crippen LogP contribution < -0.4 is 0 Å². The number of hydrogen-bond donors (Lipinski definition) is 1. The largest absolute Gasteiger partial charge is 0.508 e. The fraction of sp³-hybridized carbons (Fsp3) is 0.778. The molecule has 0 aromatic carbocycles. The molecule has 1 aliphatic rings. The molecular weight excluding hydrogens is 359 g/mol. The number of allylic oxidation sites excluding steroid dienone is 3. The smallest absolute Gasteiger partial charge is 0.119 e. The highest BCUT2D eigenvalue weighted by Gasteiger charge is 2.28. The van der Waals surface area contributed by atoms with E-state index in [1.54, 1.807) is 0 Å². The van der Waals surface area contributed by atoms with E-state index in [0.717, 1.165) is 12.8 Å². The Morgan fingerprint density at radius 2 is 1.85 bits per heavy atom. The Balaban J connectivity index is 3.07. The van der Waals surface area contributed by atoms with E-state index in [4.69, 9.17) is 0 Å². The van der Waals surface area contributed by atoms with Gasteiger partial charge in [0.25, 0.3) is 0 Å². The minimum absolute atomic E-state index is 0.495. The molecule has 1 rings (SSSR count). The predicted octanol–water partition coefficient (Wildman–Crippen LogP) is 6.58. The molecule has 0 bridgehead atoms. The number of rotatable bonds is 8. The standard InChI is InChI=1S/C18H31IO/c1-5-9-14(8-4)15-11-13(7-3)12-16(18(15)20)17(19)10-6-2/h11,13-14,17,20H,5-10,12H2,1-4H3. The van der Waals surface area contributed by atoms with Gasteiger partial charge in [0.05, 0.1) is 0 Å². The summed E-state index contributed by atoms with van der Waals surface area (Å²) >= 11 is 2.52. The van der Waals surface area contributed by atoms with Crippen molar-refractivity contribution in [3.8, 4) is 0 Å². The summed E-state index contributed by atoms with van der Waals surface area (Å²) in [4.78, 5) is 0. The number of halogens is 1. The van der Waals surface area contributed by atoms with Crippen LogP contribution in [0.25, 0.3) is 0 Å². The van der Waals surface area contributed by atoms with Gasteiger partial charge >= 0.3 is 0 Å². The molecule has 20 heavy (non-hydrogen) atoms. The predicted molar refractivity (Wildman–Crippen MR) is 97.5 cm³/mol. The van der Waals surface area contributed by atoms with Crippen LogP contribution in [0.3, 0.4) is 0 Å². The van der Waals surface area contributed by atoms with Crippen molar-refractivity contribution in [1.29, 1.82) is 0 Å². The van der Waals surface area contributed by atoms with Crippen molar-refractivity contribution in [3.63, 3.8) is 0 Å². The van der Waals surface area contributed by atoms with E-state index in [1.165, 1.54) is 43.3 Å². The topological polar surface area (TPSA) is 20.2 Å². The maximum Gasteiger partial charge on any atom is 0.119 e. The lowest BCUT2D eigenvalue weighted by molar-refractivity contribution is 0.367. The number of aliphatic hydroxyl groups excluding tert-OH is 1. The van der Waals surface area contributed by atoms with Crippen LogP contribution in [0.1, 0.15) is 72.6 Å². The van der Waals surface area contributed by atoms with Gasteiger partial charge in [0, 0.05) is 3.92 Å². The van der Waals surface area contributed by atoms with Crippen LogP contribution in [-0.4, -0.2) is 9.03 Å². The molecule has 0 spiro atoms. The Hall–Kier alpha value is 0.01000. The SMILES string of the molecule is CCCC(I)C1=C(O)C(C(CC)CCC)=CC(CC)C1. The highest BCUT2D eigenvalue weighted by molar-refractivity contribution is 14.1. The average Bonchev–Trinajstić information content (AvgIpc) is 2.45. The van der Waals surface area contributed by atoms with Gasteiger partial charge in [0.15, 0.2) is 0 Å². The Bertz CT molecular complexity index is 356. The molecule has 116 valence electrons. The van der Waals surface area contributed by atoms with E-state index in [9.17, 15) is 5.11 Å². The van der Waals surface area contributed by atoms with Gasteiger partial charge in [-0.2, -0.15) is 0 Å². The van der Waals surface area contributed by atoms with Crippen LogP contribution in [0.15, 0.2) is 23.0 Å². The second kappa shape index (κ2) is 9.11. The maximum atomic E-state index is 10.8. The second-order valence-electron chi connectivity index (χ2n) is 6.02. The van der Waals surface area contributed by atoms with Gasteiger partial charge < -0.3 is 5.11 Å². The summed E-state index contributed by atoms with van der Waals surface area (Å²) in [5.41, 5.74) is 2.56. The Morgan fingerprint density at radius 3 is 2.35 bits per heavy atom. The zero-order chi connectivity index (χ0) is 15.1. The minimum Gasteiger partial charge on any atom is -0.508 e. The third-order valence-corrected chi connectivity index (χ3v) is 5.86. The first-order valence-corrected chi connectivity index (χ1v) is 9.61. The minimum atomic E-state index is 0.495. The van der Waals surface area contributed by atoms with Crippen LogP contribution >= 0.6 is 22.6 Å². The summed E-state index contributed by atoms with van der Waals surface area (Å²) in [5, 5.41) is 10.8. The summed E-state index contributed by atoms with van der Waals surface area (Å²) in [5.74, 6) is 1.80. The van der Waals surface area contributed by atoms with E-state index >= 15 is 0 Å². The first-order chi connectivity index (χ1) is 9.58. The Kier molecular flexibility index (Phi) is 8.23. The molecule has 0 saturated carbocycles. The molecule has 0 aromatic heterocycles. The average molecular weight is 390 g/mol. The van der Waals surface area contributed by atoms with Crippen molar-refractivity contribution < 1.29 is 5.11 Å². The van der Waals surface area contributed by atoms with Gasteiger partial charge in [-0.15, -0.1) is 0 Å². The van der Waals surface area contributed by atoms with Crippen LogP contribution in [0.5, 0.6) is 0 Å². The van der Waals surface area contributed by atoms with Crippen LogP contribution in [0.4, 0.5) is 0 Å². The van der Waals surface area contributed by atoms with Gasteiger partial charge in [-0.25, -0.2) is 0 Å². The van der Waals surface area contributed by atoms with Gasteiger partial charge in [-0.05, 0) is 55.1 Å². The van der Waals surface area contributed by atoms with E-state index < -0.39 is 0 Å². The van der Waals surface area contributed by atoms with Crippen molar-refractivity contribution >= 4 is 22.6 Å². The number of hydrogen-bond acceptors (Lipinski definition) is 1. The van der Waals surface area contributed by atoms with Crippen molar-refractivity contribution in [3.05, 3.63) is 23.0 Å². The second-order valence-corrected chi connectivity index (χ2v) is 7.52. The molecule has 3 atom stereocenters. The molecule has 0 amide bonds. The highest BCUT2D eigenvalue weighted by atomic mass is 127. The molecule has 3 unspecified atom stereocenters. The fourth-order valence-corrected chi connectivity index (χ4v) is 4.35.